The van der Waals surface area contributed by atoms with E-state index in [2.05, 4.69) is 4.57 Å². The number of nitrogens with zero attached hydrogens (tertiary/aromatic N) is 1. The van der Waals surface area contributed by atoms with Gasteiger partial charge >= 0.3 is 5.97 Å². The lowest BCUT2D eigenvalue weighted by Gasteiger charge is -2.24. The highest BCUT2D eigenvalue weighted by molar-refractivity contribution is 7.87. The first-order valence-electron chi connectivity index (χ1n) is 12.6. The topological polar surface area (TPSA) is 141 Å². The van der Waals surface area contributed by atoms with Gasteiger partial charge in [-0.3, -0.25) is 9.59 Å². The quantitative estimate of drug-likeness (QED) is 0.464. The molecule has 3 aromatic rings. The summed E-state index contributed by atoms with van der Waals surface area (Å²) >= 11 is 0. The lowest BCUT2D eigenvalue weighted by atomic mass is 9.81. The molecular formula is C27H29N3O6S. The van der Waals surface area contributed by atoms with Crippen LogP contribution in [-0.4, -0.2) is 37.1 Å². The van der Waals surface area contributed by atoms with Crippen molar-refractivity contribution in [1.29, 1.82) is 0 Å². The maximum absolute atomic E-state index is 12.7. The molecule has 2 heterocycles. The van der Waals surface area contributed by atoms with Crippen molar-refractivity contribution in [3.8, 4) is 17.0 Å². The minimum absolute atomic E-state index is 0.141. The summed E-state index contributed by atoms with van der Waals surface area (Å²) in [4.78, 5) is 25.3. The fourth-order valence-electron chi connectivity index (χ4n) is 6.61. The van der Waals surface area contributed by atoms with Gasteiger partial charge in [0.1, 0.15) is 5.75 Å². The maximum atomic E-state index is 12.7. The molecule has 2 atom stereocenters. The van der Waals surface area contributed by atoms with E-state index in [1.807, 2.05) is 29.0 Å². The Labute approximate surface area is 214 Å². The minimum Gasteiger partial charge on any atom is -0.497 e. The van der Waals surface area contributed by atoms with Crippen LogP contribution in [0.4, 0.5) is 0 Å². The van der Waals surface area contributed by atoms with Gasteiger partial charge in [-0.2, -0.15) is 8.42 Å². The number of carboxylic acids is 1. The number of carboxylic acid groups (broad SMARTS) is 1. The summed E-state index contributed by atoms with van der Waals surface area (Å²) in [5.41, 5.74) is 4.07. The summed E-state index contributed by atoms with van der Waals surface area (Å²) in [7, 11) is -2.62. The van der Waals surface area contributed by atoms with Gasteiger partial charge in [0.15, 0.2) is 0 Å². The molecule has 2 unspecified atom stereocenters. The molecule has 37 heavy (non-hydrogen) atoms. The van der Waals surface area contributed by atoms with Gasteiger partial charge in [-0.15, -0.1) is 0 Å². The predicted octanol–water partition coefficient (Wildman–Crippen LogP) is 3.87. The molecule has 1 amide bonds. The summed E-state index contributed by atoms with van der Waals surface area (Å²) in [6.45, 7) is 0.267. The predicted molar refractivity (Wildman–Crippen MR) is 138 cm³/mol. The van der Waals surface area contributed by atoms with Crippen molar-refractivity contribution >= 4 is 33.0 Å². The number of amides is 1. The molecule has 1 aliphatic heterocycles. The number of methoxy groups -OCH3 is 1. The van der Waals surface area contributed by atoms with E-state index in [0.717, 1.165) is 53.4 Å². The molecule has 2 aromatic carbocycles. The van der Waals surface area contributed by atoms with Crippen molar-refractivity contribution in [1.82, 2.24) is 9.29 Å². The summed E-state index contributed by atoms with van der Waals surface area (Å²) in [5, 5.41) is 16.3. The van der Waals surface area contributed by atoms with Crippen LogP contribution < -0.4 is 14.6 Å². The summed E-state index contributed by atoms with van der Waals surface area (Å²) in [6, 6.07) is 11.0. The first-order valence-corrected chi connectivity index (χ1v) is 14.1. The van der Waals surface area contributed by atoms with E-state index in [0.29, 0.717) is 18.1 Å². The van der Waals surface area contributed by atoms with Crippen LogP contribution in [0.15, 0.2) is 36.4 Å². The second-order valence-corrected chi connectivity index (χ2v) is 11.9. The molecule has 0 radical (unpaired) electrons. The number of aliphatic carboxylic acids is 1. The van der Waals surface area contributed by atoms with Gasteiger partial charge in [0.2, 0.25) is 0 Å². The van der Waals surface area contributed by atoms with Gasteiger partial charge in [-0.05, 0) is 66.6 Å². The third-order valence-corrected chi connectivity index (χ3v) is 8.91. The number of nitrogens with two attached hydrogens (primary N) is 1. The number of carbonyl (C=O) groups excluding carboxylic acids is 1. The lowest BCUT2D eigenvalue weighted by Crippen LogP contribution is -2.35. The van der Waals surface area contributed by atoms with Gasteiger partial charge in [-0.25, -0.2) is 9.86 Å². The molecule has 194 valence electrons. The van der Waals surface area contributed by atoms with Crippen LogP contribution in [0.5, 0.6) is 5.75 Å². The summed E-state index contributed by atoms with van der Waals surface area (Å²) < 4.78 is 32.4. The van der Waals surface area contributed by atoms with Crippen molar-refractivity contribution in [2.75, 3.05) is 7.11 Å². The van der Waals surface area contributed by atoms with Gasteiger partial charge < -0.3 is 14.4 Å². The second-order valence-electron chi connectivity index (χ2n) is 10.6. The average Bonchev–Trinajstić information content (AvgIpc) is 3.54. The number of ether oxygens (including phenoxy) is 1. The van der Waals surface area contributed by atoms with E-state index in [1.54, 1.807) is 19.2 Å². The normalized spacial score (nSPS) is 22.9. The van der Waals surface area contributed by atoms with Crippen LogP contribution in [0.2, 0.25) is 0 Å². The molecule has 1 aromatic heterocycles. The average molecular weight is 524 g/mol. The Hall–Kier alpha value is -3.37. The van der Waals surface area contributed by atoms with E-state index in [-0.39, 0.29) is 18.0 Å². The largest absolute Gasteiger partial charge is 0.497 e. The molecule has 0 saturated heterocycles. The summed E-state index contributed by atoms with van der Waals surface area (Å²) in [5.74, 6) is -0.811. The van der Waals surface area contributed by atoms with Crippen molar-refractivity contribution < 1.29 is 27.9 Å². The number of aromatic nitrogens is 1. The minimum atomic E-state index is -4.23. The monoisotopic (exact) mass is 523 g/mol. The van der Waals surface area contributed by atoms with Crippen LogP contribution in [-0.2, 0) is 21.5 Å². The maximum Gasteiger partial charge on any atom is 0.312 e. The fraction of sp³-hybridized carbons (Fsp3) is 0.407. The first-order chi connectivity index (χ1) is 17.6. The number of carbonyl (C=O) groups is 2. The zero-order chi connectivity index (χ0) is 26.1. The number of nitrogens with one attached hydrogen (secondary N) is 1. The Bertz CT molecular complexity index is 1570. The van der Waals surface area contributed by atoms with Gasteiger partial charge in [0.05, 0.1) is 18.2 Å². The number of fused-ring (bicyclic) bond motifs is 7. The molecule has 2 saturated carbocycles. The number of rotatable bonds is 5. The Morgan fingerprint density at radius 1 is 1.14 bits per heavy atom. The number of hydrogen-bond acceptors (Lipinski definition) is 5. The molecular weight excluding hydrogens is 494 g/mol. The molecule has 9 nitrogen and oxygen atoms in total. The second kappa shape index (κ2) is 8.32. The fourth-order valence-corrected chi connectivity index (χ4v) is 6.99. The van der Waals surface area contributed by atoms with Crippen molar-refractivity contribution in [3.05, 3.63) is 53.1 Å². The van der Waals surface area contributed by atoms with Crippen molar-refractivity contribution in [2.45, 2.75) is 56.9 Å². The number of hydrogen-bond donors (Lipinski definition) is 3. The van der Waals surface area contributed by atoms with Crippen LogP contribution in [0, 0.1) is 5.41 Å². The Morgan fingerprint density at radius 2 is 1.89 bits per heavy atom. The van der Waals surface area contributed by atoms with E-state index >= 15 is 0 Å². The van der Waals surface area contributed by atoms with E-state index in [4.69, 9.17) is 9.88 Å². The first kappa shape index (κ1) is 24.0. The van der Waals surface area contributed by atoms with Crippen LogP contribution in [0.3, 0.4) is 0 Å². The van der Waals surface area contributed by atoms with Crippen LogP contribution in [0.1, 0.15) is 71.8 Å². The van der Waals surface area contributed by atoms with Crippen molar-refractivity contribution in [2.24, 2.45) is 10.6 Å². The zero-order valence-corrected chi connectivity index (χ0v) is 21.3. The molecule has 2 aliphatic carbocycles. The molecule has 0 spiro atoms. The highest BCUT2D eigenvalue weighted by Gasteiger charge is 2.63. The standard InChI is InChI=1S/C27H29N3O6S/c1-36-17-8-10-18-20(12-17)21-13-27(21,26(32)33)14-30-22-11-16(25(31)29-37(28,34)35)7-9-19(22)23(24(18)30)15-5-3-2-4-6-15/h7-12,15,21H,2-6,13-14H2,1H3,(H,29,31)(H,32,33)(H2,28,34,35). The smallest absolute Gasteiger partial charge is 0.312 e. The summed E-state index contributed by atoms with van der Waals surface area (Å²) in [6.07, 6.45) is 6.05. The third kappa shape index (κ3) is 3.81. The molecule has 6 rings (SSSR count). The highest BCUT2D eigenvalue weighted by Crippen LogP contribution is 2.65. The van der Waals surface area contributed by atoms with Gasteiger partial charge in [0, 0.05) is 34.5 Å². The highest BCUT2D eigenvalue weighted by atomic mass is 32.2. The van der Waals surface area contributed by atoms with Crippen LogP contribution >= 0.6 is 0 Å². The van der Waals surface area contributed by atoms with Gasteiger partial charge in [0.25, 0.3) is 16.1 Å². The van der Waals surface area contributed by atoms with Crippen LogP contribution in [0.25, 0.3) is 22.2 Å². The molecule has 10 heteroatoms. The third-order valence-electron chi connectivity index (χ3n) is 8.45. The zero-order valence-electron chi connectivity index (χ0n) is 20.5. The van der Waals surface area contributed by atoms with Crippen molar-refractivity contribution in [3.63, 3.8) is 0 Å². The Balaban J connectivity index is 1.64. The Kier molecular flexibility index (Phi) is 5.40. The molecule has 2 fully saturated rings. The number of benzene rings is 2. The SMILES string of the molecule is COc1ccc2c(c1)C1CC1(C(=O)O)Cn1c-2c(C2CCCCC2)c2ccc(C(=O)NS(N)(=O)=O)cc21. The van der Waals surface area contributed by atoms with E-state index in [1.165, 1.54) is 12.0 Å². The Morgan fingerprint density at radius 3 is 2.57 bits per heavy atom. The van der Waals surface area contributed by atoms with E-state index in [9.17, 15) is 23.1 Å². The molecule has 4 N–H and O–H groups in total. The molecule has 3 aliphatic rings. The van der Waals surface area contributed by atoms with Gasteiger partial charge in [-0.1, -0.05) is 25.3 Å². The molecule has 0 bridgehead atoms. The lowest BCUT2D eigenvalue weighted by molar-refractivity contribution is -0.144. The van der Waals surface area contributed by atoms with E-state index < -0.39 is 27.5 Å².